The number of ether oxygens (including phenoxy) is 3. The van der Waals surface area contributed by atoms with Crippen molar-refractivity contribution in [2.75, 3.05) is 13.2 Å². The van der Waals surface area contributed by atoms with Gasteiger partial charge in [0.2, 0.25) is 0 Å². The number of unbranched alkanes of at least 4 members (excludes halogenated alkanes) is 1. The molecule has 1 heterocycles. The Morgan fingerprint density at radius 3 is 2.62 bits per heavy atom. The second kappa shape index (κ2) is 9.05. The SMILES string of the molecule is CCOCCCC#Cc1ccc(OC2CC(OC(C)(C)C)C2)cn1. The van der Waals surface area contributed by atoms with Crippen LogP contribution >= 0.6 is 0 Å². The van der Waals surface area contributed by atoms with Crippen LogP contribution in [0.3, 0.4) is 0 Å². The second-order valence-corrected chi connectivity index (χ2v) is 7.04. The maximum Gasteiger partial charge on any atom is 0.138 e. The van der Waals surface area contributed by atoms with Crippen LogP contribution in [0, 0.1) is 11.8 Å². The molecule has 0 aliphatic heterocycles. The van der Waals surface area contributed by atoms with E-state index in [-0.39, 0.29) is 11.7 Å². The van der Waals surface area contributed by atoms with E-state index in [0.717, 1.165) is 50.3 Å². The first kappa shape index (κ1) is 18.8. The summed E-state index contributed by atoms with van der Waals surface area (Å²) in [6, 6.07) is 3.85. The maximum absolute atomic E-state index is 5.92. The quantitative estimate of drug-likeness (QED) is 0.560. The highest BCUT2D eigenvalue weighted by atomic mass is 16.5. The smallest absolute Gasteiger partial charge is 0.138 e. The number of hydrogen-bond donors (Lipinski definition) is 0. The number of aromatic nitrogens is 1. The standard InChI is InChI=1S/C20H29NO3/c1-5-22-12-8-6-7-9-16-10-11-17(15-21-16)23-18-13-19(14-18)24-20(2,3)4/h10-11,15,18-19H,5-6,8,12-14H2,1-4H3. The molecule has 1 aliphatic rings. The normalized spacial score (nSPS) is 20.0. The Hall–Kier alpha value is -1.57. The first-order valence-electron chi connectivity index (χ1n) is 8.83. The molecule has 0 aromatic carbocycles. The fourth-order valence-electron chi connectivity index (χ4n) is 2.49. The summed E-state index contributed by atoms with van der Waals surface area (Å²) < 4.78 is 17.1. The van der Waals surface area contributed by atoms with Gasteiger partial charge in [-0.25, -0.2) is 4.98 Å². The van der Waals surface area contributed by atoms with Crippen LogP contribution in [0.2, 0.25) is 0 Å². The van der Waals surface area contributed by atoms with Gasteiger partial charge >= 0.3 is 0 Å². The summed E-state index contributed by atoms with van der Waals surface area (Å²) in [7, 11) is 0. The summed E-state index contributed by atoms with van der Waals surface area (Å²) in [4.78, 5) is 4.34. The molecule has 0 radical (unpaired) electrons. The fraction of sp³-hybridized carbons (Fsp3) is 0.650. The molecule has 0 amide bonds. The second-order valence-electron chi connectivity index (χ2n) is 7.04. The van der Waals surface area contributed by atoms with E-state index in [1.54, 1.807) is 6.20 Å². The van der Waals surface area contributed by atoms with Crippen molar-refractivity contribution in [2.45, 2.75) is 71.2 Å². The molecule has 1 aliphatic carbocycles. The molecule has 0 atom stereocenters. The molecule has 1 aromatic rings. The number of hydrogen-bond acceptors (Lipinski definition) is 4. The Morgan fingerprint density at radius 2 is 2.00 bits per heavy atom. The van der Waals surface area contributed by atoms with E-state index in [4.69, 9.17) is 14.2 Å². The summed E-state index contributed by atoms with van der Waals surface area (Å²) in [5.74, 6) is 6.99. The summed E-state index contributed by atoms with van der Waals surface area (Å²) in [6.45, 7) is 9.79. The minimum atomic E-state index is -0.0832. The van der Waals surface area contributed by atoms with Gasteiger partial charge < -0.3 is 14.2 Å². The molecular weight excluding hydrogens is 302 g/mol. The van der Waals surface area contributed by atoms with Crippen molar-refractivity contribution < 1.29 is 14.2 Å². The molecular formula is C20H29NO3. The molecule has 0 bridgehead atoms. The highest BCUT2D eigenvalue weighted by molar-refractivity contribution is 5.31. The molecule has 4 nitrogen and oxygen atoms in total. The molecule has 0 unspecified atom stereocenters. The van der Waals surface area contributed by atoms with Crippen LogP contribution in [0.5, 0.6) is 5.75 Å². The maximum atomic E-state index is 5.92. The van der Waals surface area contributed by atoms with E-state index in [1.807, 2.05) is 19.1 Å². The van der Waals surface area contributed by atoms with Gasteiger partial charge in [-0.3, -0.25) is 0 Å². The summed E-state index contributed by atoms with van der Waals surface area (Å²) >= 11 is 0. The minimum Gasteiger partial charge on any atom is -0.489 e. The zero-order valence-corrected chi connectivity index (χ0v) is 15.3. The van der Waals surface area contributed by atoms with Gasteiger partial charge in [0.25, 0.3) is 0 Å². The monoisotopic (exact) mass is 331 g/mol. The Bertz CT molecular complexity index is 545. The minimum absolute atomic E-state index is 0.0832. The summed E-state index contributed by atoms with van der Waals surface area (Å²) in [6.07, 6.45) is 5.97. The van der Waals surface area contributed by atoms with Crippen molar-refractivity contribution in [1.82, 2.24) is 4.98 Å². The van der Waals surface area contributed by atoms with E-state index < -0.39 is 0 Å². The van der Waals surface area contributed by atoms with Gasteiger partial charge in [0.05, 0.1) is 17.9 Å². The molecule has 132 valence electrons. The van der Waals surface area contributed by atoms with Gasteiger partial charge in [-0.1, -0.05) is 5.92 Å². The molecule has 0 saturated heterocycles. The van der Waals surface area contributed by atoms with Crippen LogP contribution in [-0.4, -0.2) is 36.0 Å². The molecule has 24 heavy (non-hydrogen) atoms. The number of pyridine rings is 1. The molecule has 1 fully saturated rings. The molecule has 1 saturated carbocycles. The van der Waals surface area contributed by atoms with Crippen LogP contribution in [0.4, 0.5) is 0 Å². The molecule has 0 spiro atoms. The molecule has 2 rings (SSSR count). The summed E-state index contributed by atoms with van der Waals surface area (Å²) in [5.41, 5.74) is 0.696. The van der Waals surface area contributed by atoms with Gasteiger partial charge in [0.15, 0.2) is 0 Å². The summed E-state index contributed by atoms with van der Waals surface area (Å²) in [5, 5.41) is 0. The predicted octanol–water partition coefficient (Wildman–Crippen LogP) is 3.97. The Balaban J connectivity index is 1.69. The molecule has 0 N–H and O–H groups in total. The topological polar surface area (TPSA) is 40.6 Å². The lowest BCUT2D eigenvalue weighted by Gasteiger charge is -2.39. The van der Waals surface area contributed by atoms with Crippen LogP contribution in [0.25, 0.3) is 0 Å². The molecule has 4 heteroatoms. The van der Waals surface area contributed by atoms with Gasteiger partial charge in [-0.2, -0.15) is 0 Å². The van der Waals surface area contributed by atoms with Crippen molar-refractivity contribution in [2.24, 2.45) is 0 Å². The van der Waals surface area contributed by atoms with Crippen molar-refractivity contribution in [3.8, 4) is 17.6 Å². The highest BCUT2D eigenvalue weighted by Gasteiger charge is 2.34. The zero-order chi connectivity index (χ0) is 17.4. The van der Waals surface area contributed by atoms with Crippen molar-refractivity contribution >= 4 is 0 Å². The average Bonchev–Trinajstić information content (AvgIpc) is 2.49. The average molecular weight is 331 g/mol. The van der Waals surface area contributed by atoms with Crippen LogP contribution in [0.15, 0.2) is 18.3 Å². The first-order valence-corrected chi connectivity index (χ1v) is 8.83. The Kier molecular flexibility index (Phi) is 7.08. The lowest BCUT2D eigenvalue weighted by molar-refractivity contribution is -0.126. The number of nitrogens with zero attached hydrogens (tertiary/aromatic N) is 1. The van der Waals surface area contributed by atoms with Gasteiger partial charge in [0, 0.05) is 32.5 Å². The fourth-order valence-corrected chi connectivity index (χ4v) is 2.49. The molecule has 1 aromatic heterocycles. The van der Waals surface area contributed by atoms with E-state index in [9.17, 15) is 0 Å². The first-order chi connectivity index (χ1) is 11.5. The van der Waals surface area contributed by atoms with E-state index >= 15 is 0 Å². The lowest BCUT2D eigenvalue weighted by Crippen LogP contribution is -2.43. The van der Waals surface area contributed by atoms with E-state index in [1.165, 1.54) is 0 Å². The van der Waals surface area contributed by atoms with Crippen molar-refractivity contribution in [3.05, 3.63) is 24.0 Å². The van der Waals surface area contributed by atoms with E-state index in [2.05, 4.69) is 37.6 Å². The predicted molar refractivity (Wildman–Crippen MR) is 95.1 cm³/mol. The van der Waals surface area contributed by atoms with Crippen molar-refractivity contribution in [1.29, 1.82) is 0 Å². The van der Waals surface area contributed by atoms with Crippen LogP contribution in [-0.2, 0) is 9.47 Å². The third kappa shape index (κ3) is 6.90. The third-order valence-corrected chi connectivity index (χ3v) is 3.62. The van der Waals surface area contributed by atoms with Crippen LogP contribution < -0.4 is 4.74 Å². The number of rotatable bonds is 7. The zero-order valence-electron chi connectivity index (χ0n) is 15.3. The highest BCUT2D eigenvalue weighted by Crippen LogP contribution is 2.30. The Morgan fingerprint density at radius 1 is 1.21 bits per heavy atom. The van der Waals surface area contributed by atoms with Gasteiger partial charge in [0.1, 0.15) is 17.5 Å². The third-order valence-electron chi connectivity index (χ3n) is 3.62. The Labute approximate surface area is 145 Å². The van der Waals surface area contributed by atoms with E-state index in [0.29, 0.717) is 6.10 Å². The lowest BCUT2D eigenvalue weighted by atomic mass is 9.91. The van der Waals surface area contributed by atoms with Gasteiger partial charge in [-0.05, 0) is 52.2 Å². The van der Waals surface area contributed by atoms with Gasteiger partial charge in [-0.15, -0.1) is 0 Å². The largest absolute Gasteiger partial charge is 0.489 e. The van der Waals surface area contributed by atoms with Crippen molar-refractivity contribution in [3.63, 3.8) is 0 Å². The van der Waals surface area contributed by atoms with Crippen LogP contribution in [0.1, 0.15) is 59.1 Å².